The van der Waals surface area contributed by atoms with Crippen LogP contribution in [0.1, 0.15) is 129 Å². The molecule has 0 radical (unpaired) electrons. The third-order valence-electron chi connectivity index (χ3n) is 10.5. The zero-order valence-corrected chi connectivity index (χ0v) is 23.9. The van der Waals surface area contributed by atoms with E-state index in [0.717, 1.165) is 44.4 Å². The highest BCUT2D eigenvalue weighted by atomic mass is 16.1. The third-order valence-corrected chi connectivity index (χ3v) is 10.5. The summed E-state index contributed by atoms with van der Waals surface area (Å²) < 4.78 is 0. The van der Waals surface area contributed by atoms with E-state index in [1.165, 1.54) is 62.5 Å². The first-order valence-corrected chi connectivity index (χ1v) is 15.3. The van der Waals surface area contributed by atoms with Gasteiger partial charge in [0.25, 0.3) is 0 Å². The Labute approximate surface area is 221 Å². The van der Waals surface area contributed by atoms with Crippen molar-refractivity contribution in [2.45, 2.75) is 130 Å². The molecule has 5 atom stereocenters. The van der Waals surface area contributed by atoms with Gasteiger partial charge in [-0.1, -0.05) is 83.2 Å². The molecule has 0 spiro atoms. The van der Waals surface area contributed by atoms with Gasteiger partial charge in [0.1, 0.15) is 11.6 Å². The van der Waals surface area contributed by atoms with Crippen molar-refractivity contribution in [1.82, 2.24) is 0 Å². The molecule has 0 amide bonds. The average molecular weight is 493 g/mol. The van der Waals surface area contributed by atoms with Crippen molar-refractivity contribution < 1.29 is 9.59 Å². The summed E-state index contributed by atoms with van der Waals surface area (Å²) in [6.07, 6.45) is 15.6. The first kappa shape index (κ1) is 27.6. The van der Waals surface area contributed by atoms with Crippen molar-refractivity contribution in [2.24, 2.45) is 35.0 Å². The van der Waals surface area contributed by atoms with E-state index in [-0.39, 0.29) is 16.7 Å². The van der Waals surface area contributed by atoms with Crippen LogP contribution in [-0.2, 0) is 15.0 Å². The van der Waals surface area contributed by atoms with Gasteiger partial charge in [-0.3, -0.25) is 9.59 Å². The highest BCUT2D eigenvalue weighted by Gasteiger charge is 2.42. The lowest BCUT2D eigenvalue weighted by Crippen LogP contribution is -2.38. The Balaban J connectivity index is 1.39. The average Bonchev–Trinajstić information content (AvgIpc) is 3.14. The van der Waals surface area contributed by atoms with Crippen molar-refractivity contribution >= 4 is 11.6 Å². The fraction of sp³-hybridized carbons (Fsp3) is 0.765. The third kappa shape index (κ3) is 6.16. The molecule has 4 fully saturated rings. The van der Waals surface area contributed by atoms with E-state index >= 15 is 0 Å². The minimum absolute atomic E-state index is 0.0605. The van der Waals surface area contributed by atoms with Gasteiger partial charge in [-0.25, -0.2) is 0 Å². The first-order chi connectivity index (χ1) is 17.1. The first-order valence-electron chi connectivity index (χ1n) is 15.3. The lowest BCUT2D eigenvalue weighted by atomic mass is 9.65. The molecule has 4 aliphatic rings. The Morgan fingerprint density at radius 3 is 2.31 bits per heavy atom. The quantitative estimate of drug-likeness (QED) is 0.344. The van der Waals surface area contributed by atoms with Gasteiger partial charge in [0.05, 0.1) is 5.41 Å². The number of benzene rings is 1. The second-order valence-electron chi connectivity index (χ2n) is 14.0. The molecule has 2 unspecified atom stereocenters. The molecule has 0 N–H and O–H groups in total. The van der Waals surface area contributed by atoms with E-state index in [4.69, 9.17) is 0 Å². The number of carbonyl (C=O) groups excluding carboxylic acids is 2. The second kappa shape index (κ2) is 11.5. The van der Waals surface area contributed by atoms with E-state index in [2.05, 4.69) is 58.9 Å². The van der Waals surface area contributed by atoms with Gasteiger partial charge in [0, 0.05) is 18.8 Å². The standard InChI is InChI=1S/C34H52O2/c1-6-30(33(3,4)5)31(35)23-28-22-25-12-14-27(28)21-26(20-25)13-17-32(36)34(18-8-7-9-19-34)29-15-10-24(2)11-16-29/h10-11,15-16,25-28,30H,6-9,12-14,17-23H2,1-5H3/t25-,26-,27+,28?,30?/m0/s1. The van der Waals surface area contributed by atoms with Gasteiger partial charge in [-0.05, 0) is 92.9 Å². The zero-order valence-electron chi connectivity index (χ0n) is 23.9. The van der Waals surface area contributed by atoms with Gasteiger partial charge >= 0.3 is 0 Å². The molecule has 0 heterocycles. The lowest BCUT2D eigenvalue weighted by molar-refractivity contribution is -0.128. The van der Waals surface area contributed by atoms with Crippen LogP contribution in [0.25, 0.3) is 0 Å². The summed E-state index contributed by atoms with van der Waals surface area (Å²) >= 11 is 0. The van der Waals surface area contributed by atoms with E-state index in [9.17, 15) is 9.59 Å². The van der Waals surface area contributed by atoms with Crippen molar-refractivity contribution in [2.75, 3.05) is 0 Å². The summed E-state index contributed by atoms with van der Waals surface area (Å²) in [5.41, 5.74) is 2.35. The van der Waals surface area contributed by atoms with Crippen molar-refractivity contribution in [1.29, 1.82) is 0 Å². The smallest absolute Gasteiger partial charge is 0.143 e. The molecule has 0 saturated heterocycles. The molecule has 2 nitrogen and oxygen atoms in total. The predicted octanol–water partition coefficient (Wildman–Crippen LogP) is 9.02. The molecule has 4 saturated carbocycles. The Kier molecular flexibility index (Phi) is 8.83. The SMILES string of the molecule is CCC(C(=O)CC1C[C@H]2CC[C@@H]1C[C@@H](CCC(=O)C1(c3ccc(C)cc3)CCCCC1)C2)C(C)(C)C. The number of hydrogen-bond acceptors (Lipinski definition) is 2. The zero-order chi connectivity index (χ0) is 25.9. The minimum Gasteiger partial charge on any atom is -0.299 e. The van der Waals surface area contributed by atoms with Gasteiger partial charge < -0.3 is 0 Å². The van der Waals surface area contributed by atoms with Crippen LogP contribution in [0, 0.1) is 41.9 Å². The number of ketones is 2. The summed E-state index contributed by atoms with van der Waals surface area (Å²) in [6.45, 7) is 11.0. The molecular weight excluding hydrogens is 440 g/mol. The maximum absolute atomic E-state index is 13.9. The molecule has 0 aliphatic heterocycles. The van der Waals surface area contributed by atoms with Crippen LogP contribution in [0.5, 0.6) is 0 Å². The molecule has 1 aromatic rings. The topological polar surface area (TPSA) is 34.1 Å². The van der Waals surface area contributed by atoms with Gasteiger partial charge in [-0.2, -0.15) is 0 Å². The number of rotatable bonds is 9. The Bertz CT molecular complexity index is 883. The fourth-order valence-electron chi connectivity index (χ4n) is 8.48. The van der Waals surface area contributed by atoms with Gasteiger partial charge in [0.2, 0.25) is 0 Å². The Hall–Kier alpha value is -1.44. The summed E-state index contributed by atoms with van der Waals surface area (Å²) in [5, 5.41) is 0. The highest BCUT2D eigenvalue weighted by molar-refractivity contribution is 5.90. The summed E-state index contributed by atoms with van der Waals surface area (Å²) in [5.74, 6) is 3.88. The maximum Gasteiger partial charge on any atom is 0.143 e. The summed E-state index contributed by atoms with van der Waals surface area (Å²) in [4.78, 5) is 27.2. The second-order valence-corrected chi connectivity index (χ2v) is 14.0. The molecule has 0 aromatic heterocycles. The molecule has 2 heteroatoms. The normalized spacial score (nSPS) is 28.9. The maximum atomic E-state index is 13.9. The van der Waals surface area contributed by atoms with Crippen LogP contribution < -0.4 is 0 Å². The highest BCUT2D eigenvalue weighted by Crippen LogP contribution is 2.49. The molecule has 200 valence electrons. The Morgan fingerprint density at radius 1 is 0.972 bits per heavy atom. The summed E-state index contributed by atoms with van der Waals surface area (Å²) in [6, 6.07) is 8.83. The molecule has 36 heavy (non-hydrogen) atoms. The largest absolute Gasteiger partial charge is 0.299 e. The molecule has 1 aromatic carbocycles. The molecular formula is C34H52O2. The van der Waals surface area contributed by atoms with E-state index in [1.807, 2.05) is 0 Å². The number of fused-ring (bicyclic) bond motifs is 4. The van der Waals surface area contributed by atoms with Gasteiger partial charge in [-0.15, -0.1) is 0 Å². The molecule has 2 bridgehead atoms. The molecule has 5 rings (SSSR count). The van der Waals surface area contributed by atoms with Crippen LogP contribution in [0.15, 0.2) is 24.3 Å². The number of aryl methyl sites for hydroxylation is 1. The summed E-state index contributed by atoms with van der Waals surface area (Å²) in [7, 11) is 0. The van der Waals surface area contributed by atoms with Crippen LogP contribution in [0.2, 0.25) is 0 Å². The van der Waals surface area contributed by atoms with Crippen LogP contribution in [0.4, 0.5) is 0 Å². The van der Waals surface area contributed by atoms with Crippen molar-refractivity contribution in [3.8, 4) is 0 Å². The van der Waals surface area contributed by atoms with E-state index in [0.29, 0.717) is 29.3 Å². The predicted molar refractivity (Wildman–Crippen MR) is 150 cm³/mol. The van der Waals surface area contributed by atoms with Crippen LogP contribution in [0.3, 0.4) is 0 Å². The van der Waals surface area contributed by atoms with Crippen LogP contribution >= 0.6 is 0 Å². The van der Waals surface area contributed by atoms with Gasteiger partial charge in [0.15, 0.2) is 0 Å². The van der Waals surface area contributed by atoms with Crippen molar-refractivity contribution in [3.63, 3.8) is 0 Å². The fourth-order valence-corrected chi connectivity index (χ4v) is 8.48. The van der Waals surface area contributed by atoms with Crippen LogP contribution in [-0.4, -0.2) is 11.6 Å². The van der Waals surface area contributed by atoms with E-state index < -0.39 is 0 Å². The minimum atomic E-state index is -0.243. The molecule has 4 aliphatic carbocycles. The van der Waals surface area contributed by atoms with E-state index in [1.54, 1.807) is 0 Å². The number of carbonyl (C=O) groups is 2. The number of Topliss-reactive ketones (excluding diaryl/α,β-unsaturated/α-hetero) is 2. The lowest BCUT2D eigenvalue weighted by Gasteiger charge is -2.37. The monoisotopic (exact) mass is 492 g/mol. The van der Waals surface area contributed by atoms with Crippen molar-refractivity contribution in [3.05, 3.63) is 35.4 Å². The Morgan fingerprint density at radius 2 is 1.67 bits per heavy atom. The number of hydrogen-bond donors (Lipinski definition) is 0.